The van der Waals surface area contributed by atoms with Gasteiger partial charge in [0, 0.05) is 18.8 Å². The van der Waals surface area contributed by atoms with E-state index in [1.54, 1.807) is 11.9 Å². The van der Waals surface area contributed by atoms with Crippen LogP contribution in [0.15, 0.2) is 12.1 Å². The maximum Gasteiger partial charge on any atom is 0.243 e. The Morgan fingerprint density at radius 3 is 2.46 bits per heavy atom. The molecule has 1 aromatic rings. The minimum atomic E-state index is -0.147. The predicted molar refractivity (Wildman–Crippen MR) is 104 cm³/mol. The summed E-state index contributed by atoms with van der Waals surface area (Å²) in [5.41, 5.74) is 4.13. The number of carbonyl (C=O) groups is 2. The van der Waals surface area contributed by atoms with Gasteiger partial charge in [-0.05, 0) is 57.1 Å². The van der Waals surface area contributed by atoms with Gasteiger partial charge in [0.15, 0.2) is 0 Å². The van der Waals surface area contributed by atoms with Crippen molar-refractivity contribution in [2.75, 3.05) is 18.9 Å². The average molecular weight is 357 g/mol. The molecule has 2 aliphatic rings. The Labute approximate surface area is 156 Å². The summed E-state index contributed by atoms with van der Waals surface area (Å²) in [7, 11) is 1.72. The van der Waals surface area contributed by atoms with Crippen molar-refractivity contribution in [3.05, 3.63) is 28.8 Å². The third-order valence-corrected chi connectivity index (χ3v) is 5.86. The van der Waals surface area contributed by atoms with Crippen LogP contribution in [0.4, 0.5) is 5.69 Å². The number of benzene rings is 1. The van der Waals surface area contributed by atoms with Crippen molar-refractivity contribution in [1.82, 2.24) is 10.2 Å². The molecule has 1 heterocycles. The molecular formula is C21H31N3O2. The third kappa shape index (κ3) is 4.09. The number of amides is 2. The van der Waals surface area contributed by atoms with Crippen molar-refractivity contribution < 1.29 is 9.59 Å². The maximum atomic E-state index is 12.7. The van der Waals surface area contributed by atoms with Crippen LogP contribution < -0.4 is 10.6 Å². The highest BCUT2D eigenvalue weighted by atomic mass is 16.2. The molecule has 1 saturated carbocycles. The standard InChI is InChI=1S/C21H31N3O2/c1-13-9-14(2)20(15(3)10-13)23-19(25)12-24(4)21(26)18-11-16-7-5-6-8-17(16)22-18/h9-10,16-18,22H,5-8,11-12H2,1-4H3,(H,23,25). The molecule has 2 N–H and O–H groups in total. The van der Waals surface area contributed by atoms with Crippen molar-refractivity contribution in [3.63, 3.8) is 0 Å². The van der Waals surface area contributed by atoms with Crippen LogP contribution in [0.5, 0.6) is 0 Å². The number of anilines is 1. The van der Waals surface area contributed by atoms with E-state index in [4.69, 9.17) is 0 Å². The summed E-state index contributed by atoms with van der Waals surface area (Å²) in [5.74, 6) is 0.510. The van der Waals surface area contributed by atoms with Crippen molar-refractivity contribution in [3.8, 4) is 0 Å². The van der Waals surface area contributed by atoms with E-state index in [2.05, 4.69) is 22.8 Å². The van der Waals surface area contributed by atoms with Gasteiger partial charge in [0.1, 0.15) is 0 Å². The number of aryl methyl sites for hydroxylation is 3. The Bertz CT molecular complexity index is 663. The van der Waals surface area contributed by atoms with Gasteiger partial charge in [0.25, 0.3) is 0 Å². The topological polar surface area (TPSA) is 61.4 Å². The van der Waals surface area contributed by atoms with E-state index in [1.807, 2.05) is 20.8 Å². The Hall–Kier alpha value is -1.88. The zero-order chi connectivity index (χ0) is 18.8. The Kier molecular flexibility index (Phi) is 5.66. The van der Waals surface area contributed by atoms with Gasteiger partial charge in [0.05, 0.1) is 12.6 Å². The van der Waals surface area contributed by atoms with E-state index in [0.29, 0.717) is 12.0 Å². The van der Waals surface area contributed by atoms with Crippen molar-refractivity contribution in [2.45, 2.75) is 65.0 Å². The molecule has 1 aromatic carbocycles. The lowest BCUT2D eigenvalue weighted by molar-refractivity contribution is -0.134. The molecule has 0 aromatic heterocycles. The number of rotatable bonds is 4. The highest BCUT2D eigenvalue weighted by Gasteiger charge is 2.39. The van der Waals surface area contributed by atoms with Crippen molar-refractivity contribution in [1.29, 1.82) is 0 Å². The van der Waals surface area contributed by atoms with Gasteiger partial charge >= 0.3 is 0 Å². The lowest BCUT2D eigenvalue weighted by Crippen LogP contribution is -2.46. The van der Waals surface area contributed by atoms with Crippen LogP contribution in [0.3, 0.4) is 0 Å². The molecule has 0 radical (unpaired) electrons. The number of nitrogens with one attached hydrogen (secondary N) is 2. The van der Waals surface area contributed by atoms with Crippen LogP contribution in [0, 0.1) is 26.7 Å². The molecule has 5 heteroatoms. The minimum Gasteiger partial charge on any atom is -0.335 e. The maximum absolute atomic E-state index is 12.7. The molecule has 1 saturated heterocycles. The van der Waals surface area contributed by atoms with Crippen molar-refractivity contribution >= 4 is 17.5 Å². The second kappa shape index (κ2) is 7.78. The summed E-state index contributed by atoms with van der Waals surface area (Å²) in [6, 6.07) is 4.46. The van der Waals surface area contributed by atoms with Gasteiger partial charge < -0.3 is 15.5 Å². The van der Waals surface area contributed by atoms with Crippen LogP contribution >= 0.6 is 0 Å². The summed E-state index contributed by atoms with van der Waals surface area (Å²) in [6.45, 7) is 6.12. The van der Waals surface area contributed by atoms with E-state index < -0.39 is 0 Å². The zero-order valence-electron chi connectivity index (χ0n) is 16.4. The van der Waals surface area contributed by atoms with Gasteiger partial charge in [-0.15, -0.1) is 0 Å². The van der Waals surface area contributed by atoms with Gasteiger partial charge in [-0.2, -0.15) is 0 Å². The first-order chi connectivity index (χ1) is 12.3. The van der Waals surface area contributed by atoms with Gasteiger partial charge in [-0.25, -0.2) is 0 Å². The number of fused-ring (bicyclic) bond motifs is 1. The van der Waals surface area contributed by atoms with Crippen LogP contribution in [-0.2, 0) is 9.59 Å². The first-order valence-electron chi connectivity index (χ1n) is 9.74. The SMILES string of the molecule is Cc1cc(C)c(NC(=O)CN(C)C(=O)C2CC3CCCCC3N2)c(C)c1. The minimum absolute atomic E-state index is 0.0342. The number of nitrogens with zero attached hydrogens (tertiary/aromatic N) is 1. The smallest absolute Gasteiger partial charge is 0.243 e. The second-order valence-electron chi connectivity index (χ2n) is 8.12. The molecule has 26 heavy (non-hydrogen) atoms. The predicted octanol–water partition coefficient (Wildman–Crippen LogP) is 2.93. The Balaban J connectivity index is 1.57. The van der Waals surface area contributed by atoms with E-state index >= 15 is 0 Å². The second-order valence-corrected chi connectivity index (χ2v) is 8.12. The molecule has 2 amide bonds. The molecular weight excluding hydrogens is 326 g/mol. The van der Waals surface area contributed by atoms with Gasteiger partial charge in [0.2, 0.25) is 11.8 Å². The van der Waals surface area contributed by atoms with E-state index in [-0.39, 0.29) is 24.4 Å². The average Bonchev–Trinajstić information content (AvgIpc) is 3.01. The Morgan fingerprint density at radius 2 is 1.81 bits per heavy atom. The molecule has 1 aliphatic carbocycles. The third-order valence-electron chi connectivity index (χ3n) is 5.86. The summed E-state index contributed by atoms with van der Waals surface area (Å²) < 4.78 is 0. The number of carbonyl (C=O) groups excluding carboxylic acids is 2. The number of likely N-dealkylation sites (N-methyl/N-ethyl adjacent to an activating group) is 1. The van der Waals surface area contributed by atoms with Gasteiger partial charge in [-0.3, -0.25) is 9.59 Å². The molecule has 3 rings (SSSR count). The highest BCUT2D eigenvalue weighted by Crippen LogP contribution is 2.33. The highest BCUT2D eigenvalue weighted by molar-refractivity contribution is 5.96. The van der Waals surface area contributed by atoms with Crippen LogP contribution in [0.2, 0.25) is 0 Å². The lowest BCUT2D eigenvalue weighted by Gasteiger charge is -2.24. The summed E-state index contributed by atoms with van der Waals surface area (Å²) in [5, 5.41) is 6.48. The fourth-order valence-corrected chi connectivity index (χ4v) is 4.63. The van der Waals surface area contributed by atoms with Crippen molar-refractivity contribution in [2.24, 2.45) is 5.92 Å². The van der Waals surface area contributed by atoms with E-state index in [0.717, 1.165) is 23.2 Å². The first kappa shape index (κ1) is 18.9. The zero-order valence-corrected chi connectivity index (χ0v) is 16.4. The van der Waals surface area contributed by atoms with E-state index in [1.165, 1.54) is 31.2 Å². The van der Waals surface area contributed by atoms with Crippen LogP contribution in [0.1, 0.15) is 48.8 Å². The van der Waals surface area contributed by atoms with E-state index in [9.17, 15) is 9.59 Å². The Morgan fingerprint density at radius 1 is 1.15 bits per heavy atom. The lowest BCUT2D eigenvalue weighted by atomic mass is 9.85. The largest absolute Gasteiger partial charge is 0.335 e. The fraction of sp³-hybridized carbons (Fsp3) is 0.619. The number of hydrogen-bond acceptors (Lipinski definition) is 3. The molecule has 5 nitrogen and oxygen atoms in total. The summed E-state index contributed by atoms with van der Waals surface area (Å²) in [6.07, 6.45) is 5.83. The van der Waals surface area contributed by atoms with Crippen LogP contribution in [-0.4, -0.2) is 42.4 Å². The number of hydrogen-bond donors (Lipinski definition) is 2. The molecule has 3 unspecified atom stereocenters. The summed E-state index contributed by atoms with van der Waals surface area (Å²) in [4.78, 5) is 26.8. The molecule has 1 aliphatic heterocycles. The molecule has 3 atom stereocenters. The molecule has 0 spiro atoms. The fourth-order valence-electron chi connectivity index (χ4n) is 4.63. The molecule has 142 valence electrons. The monoisotopic (exact) mass is 357 g/mol. The van der Waals surface area contributed by atoms with Gasteiger partial charge in [-0.1, -0.05) is 30.5 Å². The van der Waals surface area contributed by atoms with Crippen LogP contribution in [0.25, 0.3) is 0 Å². The molecule has 0 bridgehead atoms. The first-order valence-corrected chi connectivity index (χ1v) is 9.74. The molecule has 2 fully saturated rings. The summed E-state index contributed by atoms with van der Waals surface area (Å²) >= 11 is 0. The normalized spacial score (nSPS) is 24.8. The quantitative estimate of drug-likeness (QED) is 0.871.